The molecule has 0 unspecified atom stereocenters. The van der Waals surface area contributed by atoms with Gasteiger partial charge in [0, 0.05) is 12.0 Å². The summed E-state index contributed by atoms with van der Waals surface area (Å²) in [6.45, 7) is 12.2. The van der Waals surface area contributed by atoms with Crippen LogP contribution in [0.5, 0.6) is 0 Å². The van der Waals surface area contributed by atoms with Crippen LogP contribution in [0.4, 0.5) is 0 Å². The van der Waals surface area contributed by atoms with Gasteiger partial charge in [-0.25, -0.2) is 0 Å². The van der Waals surface area contributed by atoms with Gasteiger partial charge in [-0.15, -0.1) is 0 Å². The fraction of sp³-hybridized carbons (Fsp3) is 0.885. The van der Waals surface area contributed by atoms with Crippen LogP contribution in [0.3, 0.4) is 0 Å². The van der Waals surface area contributed by atoms with Crippen molar-refractivity contribution in [3.63, 3.8) is 0 Å². The Morgan fingerprint density at radius 3 is 2.50 bits per heavy atom. The molecule has 160 valence electrons. The highest BCUT2D eigenvalue weighted by Gasteiger charge is 2.58. The summed E-state index contributed by atoms with van der Waals surface area (Å²) in [6, 6.07) is 0. The Morgan fingerprint density at radius 1 is 1.07 bits per heavy atom. The maximum absolute atomic E-state index is 12.8. The molecule has 2 saturated carbocycles. The van der Waals surface area contributed by atoms with Gasteiger partial charge in [0.1, 0.15) is 0 Å². The number of fused-ring (bicyclic) bond motifs is 3. The summed E-state index contributed by atoms with van der Waals surface area (Å²) in [4.78, 5) is 12.8. The van der Waals surface area contributed by atoms with Crippen molar-refractivity contribution in [2.45, 2.75) is 92.4 Å². The third-order valence-electron chi connectivity index (χ3n) is 9.24. The largest absolute Gasteiger partial charge is 0.396 e. The van der Waals surface area contributed by atoms with E-state index in [0.717, 1.165) is 36.5 Å². The second-order valence-electron chi connectivity index (χ2n) is 11.3. The number of hydrogen-bond donors (Lipinski definition) is 1. The highest BCUT2D eigenvalue weighted by molar-refractivity contribution is 5.95. The molecule has 0 bridgehead atoms. The summed E-state index contributed by atoms with van der Waals surface area (Å²) in [7, 11) is 0. The van der Waals surface area contributed by atoms with Crippen molar-refractivity contribution in [1.82, 2.24) is 0 Å². The number of carbonyl (C=O) groups is 1. The van der Waals surface area contributed by atoms with Gasteiger partial charge in [-0.1, -0.05) is 60.0 Å². The Balaban J connectivity index is 1.75. The van der Waals surface area contributed by atoms with E-state index in [-0.39, 0.29) is 12.0 Å². The van der Waals surface area contributed by atoms with Crippen LogP contribution in [0, 0.1) is 46.3 Å². The molecule has 0 heterocycles. The second kappa shape index (κ2) is 8.62. The first-order chi connectivity index (χ1) is 13.2. The maximum atomic E-state index is 12.8. The van der Waals surface area contributed by atoms with Crippen molar-refractivity contribution in [3.8, 4) is 0 Å². The molecule has 28 heavy (non-hydrogen) atoms. The zero-order chi connectivity index (χ0) is 20.5. The molecule has 3 aliphatic rings. The molecule has 0 aromatic rings. The summed E-state index contributed by atoms with van der Waals surface area (Å²) in [5.41, 5.74) is 0.186. The van der Waals surface area contributed by atoms with Crippen molar-refractivity contribution in [2.75, 3.05) is 6.61 Å². The number of hydrogen-bond acceptors (Lipinski definition) is 2. The van der Waals surface area contributed by atoms with Gasteiger partial charge in [-0.2, -0.15) is 0 Å². The molecule has 2 fully saturated rings. The van der Waals surface area contributed by atoms with Crippen molar-refractivity contribution in [1.29, 1.82) is 0 Å². The number of carbonyl (C=O) groups excluding carboxylic acids is 1. The molecule has 2 nitrogen and oxygen atoms in total. The lowest BCUT2D eigenvalue weighted by molar-refractivity contribution is -0.133. The van der Waals surface area contributed by atoms with Gasteiger partial charge in [0.25, 0.3) is 0 Å². The predicted molar refractivity (Wildman–Crippen MR) is 117 cm³/mol. The van der Waals surface area contributed by atoms with Crippen molar-refractivity contribution in [2.24, 2.45) is 46.3 Å². The monoisotopic (exact) mass is 388 g/mol. The summed E-state index contributed by atoms with van der Waals surface area (Å²) >= 11 is 0. The lowest BCUT2D eigenvalue weighted by Gasteiger charge is -2.54. The zero-order valence-electron chi connectivity index (χ0n) is 19.0. The van der Waals surface area contributed by atoms with Crippen LogP contribution >= 0.6 is 0 Å². The summed E-state index contributed by atoms with van der Waals surface area (Å²) in [5.74, 6) is 4.57. The van der Waals surface area contributed by atoms with Crippen LogP contribution in [0.1, 0.15) is 92.4 Å². The minimum absolute atomic E-state index is 0.196. The van der Waals surface area contributed by atoms with E-state index < -0.39 is 0 Å². The average molecular weight is 389 g/mol. The molecule has 0 aromatic heterocycles. The van der Waals surface area contributed by atoms with Gasteiger partial charge in [0.2, 0.25) is 0 Å². The fourth-order valence-electron chi connectivity index (χ4n) is 7.56. The molecule has 0 aliphatic heterocycles. The molecular weight excluding hydrogens is 344 g/mol. The van der Waals surface area contributed by atoms with Gasteiger partial charge in [-0.3, -0.25) is 4.79 Å². The summed E-state index contributed by atoms with van der Waals surface area (Å²) in [5, 5.41) is 9.36. The molecule has 1 N–H and O–H groups in total. The van der Waals surface area contributed by atoms with Crippen LogP contribution in [-0.4, -0.2) is 17.5 Å². The number of allylic oxidation sites excluding steroid dienone is 2. The van der Waals surface area contributed by atoms with Crippen molar-refractivity contribution in [3.05, 3.63) is 12.2 Å². The van der Waals surface area contributed by atoms with Crippen LogP contribution < -0.4 is 0 Å². The molecule has 0 amide bonds. The van der Waals surface area contributed by atoms with Gasteiger partial charge >= 0.3 is 0 Å². The van der Waals surface area contributed by atoms with Crippen LogP contribution in [0.2, 0.25) is 0 Å². The van der Waals surface area contributed by atoms with Crippen LogP contribution in [0.15, 0.2) is 12.2 Å². The van der Waals surface area contributed by atoms with E-state index in [0.29, 0.717) is 23.0 Å². The minimum Gasteiger partial charge on any atom is -0.396 e. The Bertz CT molecular complexity index is 579. The van der Waals surface area contributed by atoms with E-state index in [1.807, 2.05) is 6.08 Å². The van der Waals surface area contributed by atoms with Crippen LogP contribution in [-0.2, 0) is 4.79 Å². The molecule has 0 radical (unpaired) electrons. The Kier molecular flexibility index (Phi) is 6.79. The first-order valence-electron chi connectivity index (χ1n) is 12.1. The molecule has 3 rings (SSSR count). The molecule has 2 heteroatoms. The van der Waals surface area contributed by atoms with E-state index >= 15 is 0 Å². The van der Waals surface area contributed by atoms with E-state index in [9.17, 15) is 9.90 Å². The smallest absolute Gasteiger partial charge is 0.161 e. The first kappa shape index (κ1) is 22.1. The first-order valence-corrected chi connectivity index (χ1v) is 12.1. The third-order valence-corrected chi connectivity index (χ3v) is 9.24. The molecular formula is C26H44O2. The summed E-state index contributed by atoms with van der Waals surface area (Å²) < 4.78 is 0. The van der Waals surface area contributed by atoms with Gasteiger partial charge in [0.05, 0.1) is 0 Å². The zero-order valence-corrected chi connectivity index (χ0v) is 19.0. The normalized spacial score (nSPS) is 41.2. The van der Waals surface area contributed by atoms with E-state index in [1.165, 1.54) is 44.9 Å². The highest BCUT2D eigenvalue weighted by atomic mass is 16.3. The Hall–Kier alpha value is -0.630. The Morgan fingerprint density at radius 2 is 1.82 bits per heavy atom. The predicted octanol–water partition coefficient (Wildman–Crippen LogP) is 6.43. The van der Waals surface area contributed by atoms with Gasteiger partial charge in [0.15, 0.2) is 5.78 Å². The quantitative estimate of drug-likeness (QED) is 0.520. The maximum Gasteiger partial charge on any atom is 0.161 e. The minimum atomic E-state index is -0.259. The lowest BCUT2D eigenvalue weighted by atomic mass is 9.49. The van der Waals surface area contributed by atoms with Gasteiger partial charge in [-0.05, 0) is 85.5 Å². The number of aliphatic hydroxyl groups is 1. The lowest BCUT2D eigenvalue weighted by Crippen LogP contribution is -2.50. The summed E-state index contributed by atoms with van der Waals surface area (Å²) in [6.07, 6.45) is 15.1. The average Bonchev–Trinajstić information content (AvgIpc) is 3.00. The SMILES string of the molecule is CC(C)CCC[C@@H](C)[C@H]1CC[C@H]2[C@@H]3C=CC(=O)[C@](C)(CCCO)[C@H]3CC[C@]12C. The third kappa shape index (κ3) is 3.87. The number of rotatable bonds is 8. The van der Waals surface area contributed by atoms with E-state index in [4.69, 9.17) is 0 Å². The van der Waals surface area contributed by atoms with E-state index in [2.05, 4.69) is 40.7 Å². The molecule has 7 atom stereocenters. The van der Waals surface area contributed by atoms with E-state index in [1.54, 1.807) is 0 Å². The number of aliphatic hydroxyl groups excluding tert-OH is 1. The highest BCUT2D eigenvalue weighted by Crippen LogP contribution is 2.64. The molecule has 0 saturated heterocycles. The molecule has 0 spiro atoms. The van der Waals surface area contributed by atoms with Crippen molar-refractivity contribution < 1.29 is 9.90 Å². The van der Waals surface area contributed by atoms with Gasteiger partial charge < -0.3 is 5.11 Å². The standard InChI is InChI=1S/C26H44O2/c1-18(2)8-6-9-19(3)21-11-12-22-20-10-13-24(28)26(5,15-7-17-27)23(20)14-16-25(21,22)4/h10,13,18-23,27H,6-9,11-12,14-17H2,1-5H3/t19-,20+,21-,22+,23+,25-,26-/m1/s1. The fourth-order valence-corrected chi connectivity index (χ4v) is 7.56. The Labute approximate surface area is 173 Å². The van der Waals surface area contributed by atoms with Crippen LogP contribution in [0.25, 0.3) is 0 Å². The molecule has 0 aromatic carbocycles. The molecule has 3 aliphatic carbocycles. The second-order valence-corrected chi connectivity index (χ2v) is 11.3. The number of ketones is 1. The topological polar surface area (TPSA) is 37.3 Å². The van der Waals surface area contributed by atoms with Crippen molar-refractivity contribution >= 4 is 5.78 Å².